The van der Waals surface area contributed by atoms with Crippen LogP contribution in [0.2, 0.25) is 4.34 Å². The first-order valence-electron chi connectivity index (χ1n) is 7.62. The topological polar surface area (TPSA) is 60.7 Å². The Balaban J connectivity index is 2.14. The minimum Gasteiger partial charge on any atom is -0.464 e. The van der Waals surface area contributed by atoms with Crippen molar-refractivity contribution >= 4 is 56.4 Å². The van der Waals surface area contributed by atoms with Gasteiger partial charge >= 0.3 is 5.97 Å². The molecular formula is C17H15ClN2O3S2. The fraction of sp³-hybridized carbons (Fsp3) is 0.235. The molecule has 0 bridgehead atoms. The minimum atomic E-state index is -0.588. The van der Waals surface area contributed by atoms with E-state index in [2.05, 4.69) is 4.99 Å². The first-order chi connectivity index (χ1) is 12.0. The highest BCUT2D eigenvalue weighted by atomic mass is 35.5. The van der Waals surface area contributed by atoms with Crippen LogP contribution in [0, 0.1) is 0 Å². The molecule has 1 atom stereocenters. The third kappa shape index (κ3) is 3.68. The average molecular weight is 395 g/mol. The van der Waals surface area contributed by atoms with E-state index in [0.717, 1.165) is 10.2 Å². The van der Waals surface area contributed by atoms with Gasteiger partial charge in [0.05, 0.1) is 26.0 Å². The van der Waals surface area contributed by atoms with Crippen molar-refractivity contribution < 1.29 is 14.3 Å². The Kier molecular flexibility index (Phi) is 5.36. The van der Waals surface area contributed by atoms with Gasteiger partial charge in [-0.05, 0) is 38.1 Å². The number of esters is 1. The Hall–Kier alpha value is -1.96. The third-order valence-corrected chi connectivity index (χ3v) is 5.78. The van der Waals surface area contributed by atoms with Crippen molar-refractivity contribution in [2.24, 2.45) is 4.99 Å². The van der Waals surface area contributed by atoms with E-state index >= 15 is 0 Å². The summed E-state index contributed by atoms with van der Waals surface area (Å²) in [6.07, 6.45) is 0. The lowest BCUT2D eigenvalue weighted by molar-refractivity contribution is -0.146. The number of hydrogen-bond acceptors (Lipinski definition) is 5. The maximum atomic E-state index is 12.4. The van der Waals surface area contributed by atoms with Crippen molar-refractivity contribution in [2.45, 2.75) is 19.9 Å². The molecule has 2 aromatic heterocycles. The van der Waals surface area contributed by atoms with Crippen LogP contribution in [0.25, 0.3) is 10.2 Å². The van der Waals surface area contributed by atoms with Crippen LogP contribution in [0.5, 0.6) is 0 Å². The second kappa shape index (κ2) is 7.51. The zero-order chi connectivity index (χ0) is 18.0. The van der Waals surface area contributed by atoms with Gasteiger partial charge in [-0.1, -0.05) is 35.1 Å². The molecule has 0 saturated carbocycles. The van der Waals surface area contributed by atoms with Crippen molar-refractivity contribution in [2.75, 3.05) is 6.61 Å². The maximum absolute atomic E-state index is 12.4. The van der Waals surface area contributed by atoms with Crippen molar-refractivity contribution in [1.29, 1.82) is 0 Å². The number of amides is 1. The van der Waals surface area contributed by atoms with Crippen LogP contribution in [0.4, 0.5) is 0 Å². The molecule has 1 unspecified atom stereocenters. The molecule has 1 aromatic carbocycles. The predicted octanol–water partition coefficient (Wildman–Crippen LogP) is 4.28. The summed E-state index contributed by atoms with van der Waals surface area (Å²) in [5, 5.41) is 0. The number of nitrogens with zero attached hydrogens (tertiary/aromatic N) is 2. The third-order valence-electron chi connectivity index (χ3n) is 3.53. The fourth-order valence-electron chi connectivity index (χ4n) is 2.38. The predicted molar refractivity (Wildman–Crippen MR) is 100 cm³/mol. The molecule has 0 saturated heterocycles. The van der Waals surface area contributed by atoms with Crippen LogP contribution in [-0.4, -0.2) is 23.1 Å². The number of halogens is 1. The van der Waals surface area contributed by atoms with Gasteiger partial charge in [0, 0.05) is 0 Å². The number of hydrogen-bond donors (Lipinski definition) is 0. The second-order valence-corrected chi connectivity index (χ2v) is 7.90. The van der Waals surface area contributed by atoms with Crippen LogP contribution in [0.15, 0.2) is 41.4 Å². The van der Waals surface area contributed by atoms with Gasteiger partial charge in [-0.25, -0.2) is 4.79 Å². The smallest absolute Gasteiger partial charge is 0.328 e. The number of para-hydroxylation sites is 1. The van der Waals surface area contributed by atoms with Crippen molar-refractivity contribution in [3.8, 4) is 0 Å². The van der Waals surface area contributed by atoms with E-state index in [9.17, 15) is 9.59 Å². The van der Waals surface area contributed by atoms with Gasteiger partial charge in [0.25, 0.3) is 5.91 Å². The molecule has 0 spiro atoms. The van der Waals surface area contributed by atoms with Crippen LogP contribution < -0.4 is 4.80 Å². The molecule has 2 heterocycles. The minimum absolute atomic E-state index is 0.297. The highest BCUT2D eigenvalue weighted by Crippen LogP contribution is 2.23. The number of thiazole rings is 1. The average Bonchev–Trinajstić information content (AvgIpc) is 3.17. The Labute approximate surface area is 157 Å². The number of carbonyl (C=O) groups is 2. The van der Waals surface area contributed by atoms with E-state index in [1.165, 1.54) is 22.7 Å². The van der Waals surface area contributed by atoms with Gasteiger partial charge < -0.3 is 9.30 Å². The number of ether oxygens (including phenoxy) is 1. The zero-order valence-electron chi connectivity index (χ0n) is 13.6. The van der Waals surface area contributed by atoms with E-state index < -0.39 is 6.04 Å². The molecule has 0 radical (unpaired) electrons. The molecule has 1 amide bonds. The molecule has 8 heteroatoms. The first-order valence-corrected chi connectivity index (χ1v) is 9.63. The van der Waals surface area contributed by atoms with E-state index in [0.29, 0.717) is 20.6 Å². The van der Waals surface area contributed by atoms with E-state index in [4.69, 9.17) is 16.3 Å². The summed E-state index contributed by atoms with van der Waals surface area (Å²) in [4.78, 5) is 29.8. The summed E-state index contributed by atoms with van der Waals surface area (Å²) in [6.45, 7) is 3.80. The lowest BCUT2D eigenvalue weighted by atomic mass is 10.3. The number of fused-ring (bicyclic) bond motifs is 1. The molecule has 0 N–H and O–H groups in total. The molecule has 3 rings (SSSR count). The SMILES string of the molecule is CCOC(=O)C(C)n1/c(=N\C(=O)c2ccc(Cl)s2)sc2ccccc21. The molecule has 0 aliphatic carbocycles. The first kappa shape index (κ1) is 17.8. The normalized spacial score (nSPS) is 13.2. The lowest BCUT2D eigenvalue weighted by Crippen LogP contribution is -2.27. The van der Waals surface area contributed by atoms with Gasteiger partial charge in [0.2, 0.25) is 0 Å². The van der Waals surface area contributed by atoms with Gasteiger partial charge in [0.1, 0.15) is 6.04 Å². The summed E-state index contributed by atoms with van der Waals surface area (Å²) >= 11 is 8.42. The second-order valence-electron chi connectivity index (χ2n) is 5.17. The van der Waals surface area contributed by atoms with Crippen molar-refractivity contribution in [3.63, 3.8) is 0 Å². The summed E-state index contributed by atoms with van der Waals surface area (Å²) in [7, 11) is 0. The van der Waals surface area contributed by atoms with E-state index in [1.54, 1.807) is 30.5 Å². The zero-order valence-corrected chi connectivity index (χ0v) is 16.0. The van der Waals surface area contributed by atoms with E-state index in [1.807, 2.05) is 24.3 Å². The number of benzene rings is 1. The summed E-state index contributed by atoms with van der Waals surface area (Å²) in [6, 6.07) is 10.3. The van der Waals surface area contributed by atoms with Crippen molar-refractivity contribution in [3.05, 3.63) is 50.4 Å². The fourth-order valence-corrected chi connectivity index (χ4v) is 4.41. The highest BCUT2D eigenvalue weighted by Gasteiger charge is 2.21. The maximum Gasteiger partial charge on any atom is 0.328 e. The number of thiophene rings is 1. The largest absolute Gasteiger partial charge is 0.464 e. The van der Waals surface area contributed by atoms with Crippen molar-refractivity contribution in [1.82, 2.24) is 4.57 Å². The quantitative estimate of drug-likeness (QED) is 0.620. The Morgan fingerprint density at radius 2 is 2.00 bits per heavy atom. The van der Waals surface area contributed by atoms with Gasteiger partial charge in [0.15, 0.2) is 4.80 Å². The van der Waals surface area contributed by atoms with Crippen LogP contribution in [-0.2, 0) is 9.53 Å². The molecule has 25 heavy (non-hydrogen) atoms. The Morgan fingerprint density at radius 1 is 1.24 bits per heavy atom. The van der Waals surface area contributed by atoms with Gasteiger partial charge in [-0.3, -0.25) is 4.79 Å². The molecule has 3 aromatic rings. The Morgan fingerprint density at radius 3 is 2.68 bits per heavy atom. The monoisotopic (exact) mass is 394 g/mol. The summed E-state index contributed by atoms with van der Waals surface area (Å²) in [5.74, 6) is -0.743. The van der Waals surface area contributed by atoms with Gasteiger partial charge in [-0.2, -0.15) is 4.99 Å². The van der Waals surface area contributed by atoms with Crippen LogP contribution >= 0.6 is 34.3 Å². The number of carbonyl (C=O) groups excluding carboxylic acids is 2. The molecule has 0 fully saturated rings. The highest BCUT2D eigenvalue weighted by molar-refractivity contribution is 7.18. The molecule has 0 aliphatic rings. The molecule has 130 valence electrons. The van der Waals surface area contributed by atoms with Gasteiger partial charge in [-0.15, -0.1) is 11.3 Å². The molecule has 0 aliphatic heterocycles. The summed E-state index contributed by atoms with van der Waals surface area (Å²) < 4.78 is 8.34. The standard InChI is InChI=1S/C17H15ClN2O3S2/c1-3-23-16(22)10(2)20-11-6-4-5-7-12(11)25-17(20)19-15(21)13-8-9-14(18)24-13/h4-10H,3H2,1-2H3/b19-17+. The lowest BCUT2D eigenvalue weighted by Gasteiger charge is -2.13. The van der Waals surface area contributed by atoms with Crippen LogP contribution in [0.1, 0.15) is 29.6 Å². The number of rotatable bonds is 4. The number of aromatic nitrogens is 1. The van der Waals surface area contributed by atoms with Crippen LogP contribution in [0.3, 0.4) is 0 Å². The molecule has 5 nitrogen and oxygen atoms in total. The Bertz CT molecular complexity index is 1000. The van der Waals surface area contributed by atoms with E-state index in [-0.39, 0.29) is 11.9 Å². The summed E-state index contributed by atoms with van der Waals surface area (Å²) in [5.41, 5.74) is 0.837. The molecular weight excluding hydrogens is 380 g/mol.